The van der Waals surface area contributed by atoms with E-state index in [4.69, 9.17) is 0 Å². The molecule has 0 bridgehead atoms. The fraction of sp³-hybridized carbons (Fsp3) is 0.429. The minimum absolute atomic E-state index is 0.573. The van der Waals surface area contributed by atoms with E-state index in [1.54, 1.807) is 12.1 Å². The molecule has 2 unspecified atom stereocenters. The molecule has 0 amide bonds. The van der Waals surface area contributed by atoms with Crippen molar-refractivity contribution < 1.29 is 13.2 Å². The number of nitrogens with zero attached hydrogens (tertiary/aromatic N) is 2. The number of likely N-dealkylation sites (tertiary alicyclic amines) is 2. The van der Waals surface area contributed by atoms with Gasteiger partial charge in [0.15, 0.2) is 0 Å². The van der Waals surface area contributed by atoms with E-state index >= 15 is 0 Å². The Hall–Kier alpha value is -1.85. The predicted octanol–water partition coefficient (Wildman–Crippen LogP) is 4.27. The molecule has 0 aliphatic carbocycles. The number of halogens is 3. The van der Waals surface area contributed by atoms with Gasteiger partial charge >= 0.3 is 6.18 Å². The van der Waals surface area contributed by atoms with Crippen LogP contribution >= 0.6 is 0 Å². The van der Waals surface area contributed by atoms with E-state index < -0.39 is 11.7 Å². The molecule has 4 rings (SSSR count). The van der Waals surface area contributed by atoms with Gasteiger partial charge in [0.1, 0.15) is 0 Å². The monoisotopic (exact) mass is 360 g/mol. The normalized spacial score (nSPS) is 24.1. The molecule has 138 valence electrons. The van der Waals surface area contributed by atoms with Crippen LogP contribution in [0.2, 0.25) is 0 Å². The smallest absolute Gasteiger partial charge is 0.298 e. The Labute approximate surface area is 152 Å². The maximum Gasteiger partial charge on any atom is 0.416 e. The Balaban J connectivity index is 1.29. The number of hydrogen-bond acceptors (Lipinski definition) is 2. The molecule has 2 aromatic rings. The molecule has 5 heteroatoms. The quantitative estimate of drug-likeness (QED) is 0.803. The predicted molar refractivity (Wildman–Crippen MR) is 95.4 cm³/mol. The van der Waals surface area contributed by atoms with Crippen molar-refractivity contribution in [1.29, 1.82) is 0 Å². The highest BCUT2D eigenvalue weighted by Crippen LogP contribution is 2.33. The lowest BCUT2D eigenvalue weighted by Crippen LogP contribution is -2.28. The van der Waals surface area contributed by atoms with Crippen molar-refractivity contribution in [1.82, 2.24) is 9.80 Å². The Morgan fingerprint density at radius 3 is 1.62 bits per heavy atom. The highest BCUT2D eigenvalue weighted by molar-refractivity contribution is 5.24. The first-order chi connectivity index (χ1) is 12.5. The molecular weight excluding hydrogens is 337 g/mol. The molecule has 0 spiro atoms. The van der Waals surface area contributed by atoms with Gasteiger partial charge in [-0.2, -0.15) is 13.2 Å². The summed E-state index contributed by atoms with van der Waals surface area (Å²) in [7, 11) is 0. The van der Waals surface area contributed by atoms with E-state index in [0.717, 1.165) is 44.8 Å². The van der Waals surface area contributed by atoms with Crippen molar-refractivity contribution in [2.24, 2.45) is 11.8 Å². The summed E-state index contributed by atoms with van der Waals surface area (Å²) in [6.45, 7) is 6.05. The average molecular weight is 360 g/mol. The fourth-order valence-corrected chi connectivity index (χ4v) is 4.34. The third-order valence-corrected chi connectivity index (χ3v) is 5.57. The number of benzene rings is 2. The van der Waals surface area contributed by atoms with Gasteiger partial charge < -0.3 is 0 Å². The number of rotatable bonds is 4. The lowest BCUT2D eigenvalue weighted by Gasteiger charge is -2.21. The van der Waals surface area contributed by atoms with Crippen LogP contribution in [0.4, 0.5) is 13.2 Å². The molecular formula is C21H23F3N2. The summed E-state index contributed by atoms with van der Waals surface area (Å²) in [5.74, 6) is 1.35. The van der Waals surface area contributed by atoms with Gasteiger partial charge in [0.25, 0.3) is 0 Å². The average Bonchev–Trinajstić information content (AvgIpc) is 3.13. The first-order valence-electron chi connectivity index (χ1n) is 9.12. The highest BCUT2D eigenvalue weighted by atomic mass is 19.4. The van der Waals surface area contributed by atoms with Gasteiger partial charge in [-0.25, -0.2) is 0 Å². The third kappa shape index (κ3) is 3.94. The van der Waals surface area contributed by atoms with E-state index in [0.29, 0.717) is 11.8 Å². The molecule has 2 fully saturated rings. The molecule has 26 heavy (non-hydrogen) atoms. The molecule has 0 radical (unpaired) electrons. The van der Waals surface area contributed by atoms with Crippen molar-refractivity contribution in [3.05, 3.63) is 71.3 Å². The lowest BCUT2D eigenvalue weighted by atomic mass is 10.0. The van der Waals surface area contributed by atoms with Gasteiger partial charge in [-0.15, -0.1) is 0 Å². The van der Waals surface area contributed by atoms with E-state index in [9.17, 15) is 13.2 Å². The van der Waals surface area contributed by atoms with Crippen LogP contribution < -0.4 is 0 Å². The molecule has 2 aliphatic rings. The zero-order valence-electron chi connectivity index (χ0n) is 14.6. The minimum Gasteiger partial charge on any atom is -0.298 e. The zero-order valence-corrected chi connectivity index (χ0v) is 14.6. The van der Waals surface area contributed by atoms with Crippen LogP contribution in [0.3, 0.4) is 0 Å². The Bertz CT molecular complexity index is 713. The Morgan fingerprint density at radius 1 is 0.692 bits per heavy atom. The third-order valence-electron chi connectivity index (χ3n) is 5.57. The van der Waals surface area contributed by atoms with Crippen molar-refractivity contribution in [3.8, 4) is 0 Å². The molecule has 2 aliphatic heterocycles. The number of alkyl halides is 3. The van der Waals surface area contributed by atoms with Gasteiger partial charge in [-0.1, -0.05) is 42.5 Å². The van der Waals surface area contributed by atoms with Gasteiger partial charge in [0.05, 0.1) is 5.56 Å². The van der Waals surface area contributed by atoms with Crippen molar-refractivity contribution >= 4 is 0 Å². The Morgan fingerprint density at radius 2 is 1.15 bits per heavy atom. The SMILES string of the molecule is FC(F)(F)c1ccc(CN2CC3CN(Cc4ccccc4)CC3C2)cc1. The second-order valence-electron chi connectivity index (χ2n) is 7.59. The second-order valence-corrected chi connectivity index (χ2v) is 7.59. The van der Waals surface area contributed by atoms with Gasteiger partial charge in [0, 0.05) is 39.3 Å². The van der Waals surface area contributed by atoms with E-state index in [2.05, 4.69) is 34.1 Å². The van der Waals surface area contributed by atoms with Crippen LogP contribution in [-0.4, -0.2) is 36.0 Å². The maximum atomic E-state index is 12.7. The summed E-state index contributed by atoms with van der Waals surface area (Å²) >= 11 is 0. The largest absolute Gasteiger partial charge is 0.416 e. The molecule has 0 aromatic heterocycles. The van der Waals surface area contributed by atoms with Crippen molar-refractivity contribution in [2.45, 2.75) is 19.3 Å². The Kier molecular flexibility index (Phi) is 4.76. The molecule has 2 aromatic carbocycles. The molecule has 2 nitrogen and oxygen atoms in total. The fourth-order valence-electron chi connectivity index (χ4n) is 4.34. The topological polar surface area (TPSA) is 6.48 Å². The highest BCUT2D eigenvalue weighted by Gasteiger charge is 2.39. The summed E-state index contributed by atoms with van der Waals surface area (Å²) in [5.41, 5.74) is 1.74. The standard InChI is InChI=1S/C21H23F3N2/c22-21(23,24)20-8-6-17(7-9-20)11-26-14-18-12-25(13-19(18)15-26)10-16-4-2-1-3-5-16/h1-9,18-19H,10-15H2. The first-order valence-corrected chi connectivity index (χ1v) is 9.12. The maximum absolute atomic E-state index is 12.7. The van der Waals surface area contributed by atoms with Crippen molar-refractivity contribution in [3.63, 3.8) is 0 Å². The van der Waals surface area contributed by atoms with E-state index in [-0.39, 0.29) is 0 Å². The molecule has 0 saturated carbocycles. The zero-order chi connectivity index (χ0) is 18.1. The van der Waals surface area contributed by atoms with Crippen molar-refractivity contribution in [2.75, 3.05) is 26.2 Å². The van der Waals surface area contributed by atoms with Crippen LogP contribution in [0, 0.1) is 11.8 Å². The molecule has 0 N–H and O–H groups in total. The summed E-state index contributed by atoms with van der Waals surface area (Å²) in [6.07, 6.45) is -4.26. The summed E-state index contributed by atoms with van der Waals surface area (Å²) < 4.78 is 38.0. The molecule has 2 atom stereocenters. The van der Waals surface area contributed by atoms with E-state index in [1.165, 1.54) is 17.7 Å². The number of hydrogen-bond donors (Lipinski definition) is 0. The molecule has 2 heterocycles. The van der Waals surface area contributed by atoms with E-state index in [1.807, 2.05) is 6.07 Å². The summed E-state index contributed by atoms with van der Waals surface area (Å²) in [6, 6.07) is 16.1. The van der Waals surface area contributed by atoms with Gasteiger partial charge in [0.2, 0.25) is 0 Å². The van der Waals surface area contributed by atoms with Crippen LogP contribution in [0.25, 0.3) is 0 Å². The van der Waals surface area contributed by atoms with Crippen LogP contribution in [0.15, 0.2) is 54.6 Å². The first kappa shape index (κ1) is 17.6. The van der Waals surface area contributed by atoms with Crippen LogP contribution in [0.5, 0.6) is 0 Å². The van der Waals surface area contributed by atoms with Gasteiger partial charge in [-0.3, -0.25) is 9.80 Å². The summed E-state index contributed by atoms with van der Waals surface area (Å²) in [5, 5.41) is 0. The summed E-state index contributed by atoms with van der Waals surface area (Å²) in [4.78, 5) is 4.91. The number of fused-ring (bicyclic) bond motifs is 1. The lowest BCUT2D eigenvalue weighted by molar-refractivity contribution is -0.137. The van der Waals surface area contributed by atoms with Crippen LogP contribution in [0.1, 0.15) is 16.7 Å². The second kappa shape index (κ2) is 7.05. The molecule has 2 saturated heterocycles. The van der Waals surface area contributed by atoms with Crippen LogP contribution in [-0.2, 0) is 19.3 Å². The minimum atomic E-state index is -4.26. The van der Waals surface area contributed by atoms with Gasteiger partial charge in [-0.05, 0) is 35.1 Å².